The standard InChI is InChI=1S/C47H27N3OSe/c1-3-10-28(11-4-1)35-15-9-16-37-38-24-20-29-18-19-31-26-32(21-23-34(31)42(29)44(38)52-43(35)37)46-48-45(30-12-5-2-6-13-30)49-47(50-46)33-22-25-41-39(27-33)36-14-7-8-17-40(36)51-41/h1-27H. The number of para-hydroxylation sites is 1. The number of fused-ring (bicyclic) bond motifs is 10. The molecule has 0 bridgehead atoms. The van der Waals surface area contributed by atoms with E-state index >= 15 is 0 Å². The van der Waals surface area contributed by atoms with E-state index in [-0.39, 0.29) is 14.5 Å². The fraction of sp³-hybridized carbons (Fsp3) is 0. The molecule has 0 fully saturated rings. The van der Waals surface area contributed by atoms with Gasteiger partial charge < -0.3 is 4.42 Å². The van der Waals surface area contributed by atoms with Gasteiger partial charge >= 0.3 is 254 Å². The van der Waals surface area contributed by atoms with E-state index in [9.17, 15) is 0 Å². The molecule has 4 nitrogen and oxygen atoms in total. The second-order valence-electron chi connectivity index (χ2n) is 13.2. The van der Waals surface area contributed by atoms with Crippen LogP contribution in [0, 0.1) is 0 Å². The van der Waals surface area contributed by atoms with Crippen LogP contribution in [0.1, 0.15) is 0 Å². The molecule has 0 radical (unpaired) electrons. The molecule has 0 aliphatic rings. The fourth-order valence-electron chi connectivity index (χ4n) is 7.60. The van der Waals surface area contributed by atoms with Gasteiger partial charge in [0, 0.05) is 5.39 Å². The molecule has 0 saturated carbocycles. The Hall–Kier alpha value is -6.39. The first-order valence-corrected chi connectivity index (χ1v) is 19.1. The van der Waals surface area contributed by atoms with Crippen LogP contribution in [0.4, 0.5) is 0 Å². The molecule has 3 heterocycles. The Kier molecular flexibility index (Phi) is 6.53. The number of nitrogens with zero attached hydrogens (tertiary/aromatic N) is 3. The number of furan rings is 1. The Bertz CT molecular complexity index is 3180. The number of rotatable bonds is 4. The maximum absolute atomic E-state index is 6.12. The summed E-state index contributed by atoms with van der Waals surface area (Å²) in [5.41, 5.74) is 7.14. The van der Waals surface area contributed by atoms with E-state index in [0.717, 1.165) is 38.6 Å². The molecule has 0 atom stereocenters. The first-order valence-electron chi connectivity index (χ1n) is 17.3. The first-order chi connectivity index (χ1) is 25.7. The summed E-state index contributed by atoms with van der Waals surface area (Å²) >= 11 is 0.165. The van der Waals surface area contributed by atoms with Gasteiger partial charge in [0.15, 0.2) is 0 Å². The van der Waals surface area contributed by atoms with Crippen molar-refractivity contribution in [3.8, 4) is 45.3 Å². The summed E-state index contributed by atoms with van der Waals surface area (Å²) in [6, 6.07) is 57.8. The molecule has 5 heteroatoms. The molecule has 52 heavy (non-hydrogen) atoms. The van der Waals surface area contributed by atoms with E-state index in [4.69, 9.17) is 19.4 Å². The van der Waals surface area contributed by atoms with Crippen molar-refractivity contribution in [2.45, 2.75) is 0 Å². The van der Waals surface area contributed by atoms with E-state index in [1.807, 2.05) is 60.7 Å². The molecular weight excluding hydrogens is 701 g/mol. The first kappa shape index (κ1) is 29.4. The van der Waals surface area contributed by atoms with E-state index in [2.05, 4.69) is 103 Å². The van der Waals surface area contributed by atoms with Gasteiger partial charge in [-0.3, -0.25) is 0 Å². The zero-order chi connectivity index (χ0) is 34.2. The van der Waals surface area contributed by atoms with Crippen LogP contribution in [0.25, 0.3) is 108 Å². The van der Waals surface area contributed by atoms with Gasteiger partial charge in [-0.15, -0.1) is 0 Å². The minimum absolute atomic E-state index is 0.165. The van der Waals surface area contributed by atoms with Crippen LogP contribution < -0.4 is 0 Å². The Morgan fingerprint density at radius 2 is 0.962 bits per heavy atom. The quantitative estimate of drug-likeness (QED) is 0.134. The van der Waals surface area contributed by atoms with Crippen LogP contribution in [0.5, 0.6) is 0 Å². The van der Waals surface area contributed by atoms with Gasteiger partial charge in [0.25, 0.3) is 0 Å². The Morgan fingerprint density at radius 1 is 0.365 bits per heavy atom. The van der Waals surface area contributed by atoms with Crippen LogP contribution in [0.2, 0.25) is 0 Å². The summed E-state index contributed by atoms with van der Waals surface area (Å²) < 4.78 is 9.04. The molecule has 0 aliphatic carbocycles. The Balaban J connectivity index is 1.10. The van der Waals surface area contributed by atoms with Crippen LogP contribution in [-0.4, -0.2) is 29.5 Å². The number of benzene rings is 8. The van der Waals surface area contributed by atoms with E-state index in [0.29, 0.717) is 17.5 Å². The number of aromatic nitrogens is 3. The molecule has 0 amide bonds. The molecule has 11 aromatic rings. The maximum atomic E-state index is 6.12. The van der Waals surface area contributed by atoms with Crippen molar-refractivity contribution in [2.24, 2.45) is 0 Å². The molecule has 0 N–H and O–H groups in total. The predicted octanol–water partition coefficient (Wildman–Crippen LogP) is 12.1. The second kappa shape index (κ2) is 11.6. The normalized spacial score (nSPS) is 11.8. The van der Waals surface area contributed by atoms with Crippen molar-refractivity contribution in [1.29, 1.82) is 0 Å². The molecule has 242 valence electrons. The third-order valence-electron chi connectivity index (χ3n) is 10.1. The van der Waals surface area contributed by atoms with E-state index < -0.39 is 0 Å². The van der Waals surface area contributed by atoms with Gasteiger partial charge in [-0.05, 0) is 6.07 Å². The Morgan fingerprint density at radius 3 is 1.79 bits per heavy atom. The van der Waals surface area contributed by atoms with Gasteiger partial charge in [-0.2, -0.15) is 0 Å². The monoisotopic (exact) mass is 729 g/mol. The SMILES string of the molecule is c1ccc(-c2nc(-c3ccc4c(ccc5ccc6c7cccc(-c8ccccc8)c7[se]c6c54)c3)nc(-c3ccc4oc5ccccc5c4c3)n2)cc1. The van der Waals surface area contributed by atoms with Gasteiger partial charge in [-0.25, -0.2) is 0 Å². The zero-order valence-electron chi connectivity index (χ0n) is 27.7. The average molecular weight is 729 g/mol. The summed E-state index contributed by atoms with van der Waals surface area (Å²) in [5, 5.41) is 9.87. The second-order valence-corrected chi connectivity index (χ2v) is 15.3. The molecule has 0 saturated heterocycles. The van der Waals surface area contributed by atoms with Crippen molar-refractivity contribution in [3.63, 3.8) is 0 Å². The van der Waals surface area contributed by atoms with Crippen molar-refractivity contribution in [2.75, 3.05) is 0 Å². The third kappa shape index (κ3) is 4.64. The van der Waals surface area contributed by atoms with Crippen LogP contribution >= 0.6 is 0 Å². The minimum atomic E-state index is 0.165. The average Bonchev–Trinajstić information content (AvgIpc) is 3.79. The van der Waals surface area contributed by atoms with Gasteiger partial charge in [0.2, 0.25) is 0 Å². The van der Waals surface area contributed by atoms with Crippen molar-refractivity contribution in [3.05, 3.63) is 164 Å². The van der Waals surface area contributed by atoms with E-state index in [1.54, 1.807) is 0 Å². The number of hydrogen-bond acceptors (Lipinski definition) is 4. The van der Waals surface area contributed by atoms with Crippen LogP contribution in [-0.2, 0) is 0 Å². The topological polar surface area (TPSA) is 51.8 Å². The fourth-order valence-corrected chi connectivity index (χ4v) is 10.6. The van der Waals surface area contributed by atoms with Gasteiger partial charge in [0.1, 0.15) is 11.2 Å². The van der Waals surface area contributed by atoms with Crippen molar-refractivity contribution < 1.29 is 4.42 Å². The summed E-state index contributed by atoms with van der Waals surface area (Å²) in [6.07, 6.45) is 0. The molecule has 11 rings (SSSR count). The van der Waals surface area contributed by atoms with Gasteiger partial charge in [0.05, 0.1) is 0 Å². The molecule has 0 aliphatic heterocycles. The zero-order valence-corrected chi connectivity index (χ0v) is 29.5. The molecule has 8 aromatic carbocycles. The van der Waals surface area contributed by atoms with Crippen LogP contribution in [0.3, 0.4) is 0 Å². The third-order valence-corrected chi connectivity index (χ3v) is 12.8. The van der Waals surface area contributed by atoms with Crippen molar-refractivity contribution in [1.82, 2.24) is 15.0 Å². The molecule has 3 aromatic heterocycles. The molecule has 0 unspecified atom stereocenters. The van der Waals surface area contributed by atoms with Crippen LogP contribution in [0.15, 0.2) is 168 Å². The molecular formula is C47H27N3OSe. The summed E-state index contributed by atoms with van der Waals surface area (Å²) in [6.45, 7) is 0. The van der Waals surface area contributed by atoms with E-state index in [1.165, 1.54) is 52.0 Å². The summed E-state index contributed by atoms with van der Waals surface area (Å²) in [7, 11) is 0. The summed E-state index contributed by atoms with van der Waals surface area (Å²) in [4.78, 5) is 15.2. The van der Waals surface area contributed by atoms with Gasteiger partial charge in [-0.1, -0.05) is 24.3 Å². The van der Waals surface area contributed by atoms with Crippen molar-refractivity contribution >= 4 is 77.3 Å². The molecule has 0 spiro atoms. The Labute approximate surface area is 304 Å². The summed E-state index contributed by atoms with van der Waals surface area (Å²) in [5.74, 6) is 1.91. The predicted molar refractivity (Wildman–Crippen MR) is 216 cm³/mol. The number of hydrogen-bond donors (Lipinski definition) is 0.